The van der Waals surface area contributed by atoms with Gasteiger partial charge in [-0.05, 0) is 24.7 Å². The number of carbonyl (C=O) groups is 2. The van der Waals surface area contributed by atoms with Crippen molar-refractivity contribution < 1.29 is 19.4 Å². The summed E-state index contributed by atoms with van der Waals surface area (Å²) in [5.74, 6) is -0.578. The van der Waals surface area contributed by atoms with E-state index < -0.39 is 18.0 Å². The second kappa shape index (κ2) is 7.99. The third-order valence-corrected chi connectivity index (χ3v) is 3.63. The minimum absolute atomic E-state index is 0.0912. The molecule has 1 fully saturated rings. The maximum atomic E-state index is 11.6. The van der Waals surface area contributed by atoms with Gasteiger partial charge in [0.1, 0.15) is 6.04 Å². The minimum Gasteiger partial charge on any atom is -0.480 e. The topological polar surface area (TPSA) is 87.7 Å². The molecule has 110 valence electrons. The highest BCUT2D eigenvalue weighted by Gasteiger charge is 2.25. The van der Waals surface area contributed by atoms with E-state index in [-0.39, 0.29) is 5.92 Å². The van der Waals surface area contributed by atoms with Crippen LogP contribution in [-0.4, -0.2) is 42.9 Å². The van der Waals surface area contributed by atoms with Gasteiger partial charge in [-0.25, -0.2) is 9.59 Å². The maximum Gasteiger partial charge on any atom is 0.326 e. The number of aliphatic carboxylic acids is 1. The van der Waals surface area contributed by atoms with Crippen molar-refractivity contribution in [3.63, 3.8) is 0 Å². The number of carbonyl (C=O) groups excluding carboxylic acids is 1. The largest absolute Gasteiger partial charge is 0.480 e. The molecule has 0 aromatic rings. The minimum atomic E-state index is -0.992. The summed E-state index contributed by atoms with van der Waals surface area (Å²) in [7, 11) is 0. The Kier molecular flexibility index (Phi) is 6.62. The summed E-state index contributed by atoms with van der Waals surface area (Å²) in [6.07, 6.45) is 2.61. The van der Waals surface area contributed by atoms with Crippen LogP contribution in [0, 0.1) is 11.8 Å². The van der Waals surface area contributed by atoms with Crippen molar-refractivity contribution in [2.45, 2.75) is 39.2 Å². The molecule has 6 heteroatoms. The predicted molar refractivity (Wildman–Crippen MR) is 71.0 cm³/mol. The van der Waals surface area contributed by atoms with Gasteiger partial charge in [0.15, 0.2) is 0 Å². The van der Waals surface area contributed by atoms with Crippen LogP contribution in [0.25, 0.3) is 0 Å². The van der Waals surface area contributed by atoms with Crippen LogP contribution in [0.4, 0.5) is 4.79 Å². The first-order valence-electron chi connectivity index (χ1n) is 6.89. The molecule has 3 atom stereocenters. The van der Waals surface area contributed by atoms with Gasteiger partial charge in [0.25, 0.3) is 0 Å². The average molecular weight is 272 g/mol. The summed E-state index contributed by atoms with van der Waals surface area (Å²) < 4.78 is 5.25. The van der Waals surface area contributed by atoms with Crippen molar-refractivity contribution in [1.82, 2.24) is 10.6 Å². The molecule has 2 unspecified atom stereocenters. The van der Waals surface area contributed by atoms with Gasteiger partial charge in [-0.15, -0.1) is 0 Å². The summed E-state index contributed by atoms with van der Waals surface area (Å²) in [5.41, 5.74) is 0. The number of carboxylic acid groups (broad SMARTS) is 1. The molecule has 2 amide bonds. The molecule has 1 aliphatic heterocycles. The van der Waals surface area contributed by atoms with E-state index in [0.717, 1.165) is 26.1 Å². The van der Waals surface area contributed by atoms with Gasteiger partial charge in [0.2, 0.25) is 0 Å². The summed E-state index contributed by atoms with van der Waals surface area (Å²) in [5, 5.41) is 14.3. The first kappa shape index (κ1) is 15.8. The zero-order valence-electron chi connectivity index (χ0n) is 11.6. The first-order chi connectivity index (χ1) is 9.04. The van der Waals surface area contributed by atoms with Gasteiger partial charge in [-0.2, -0.15) is 0 Å². The second-order valence-corrected chi connectivity index (χ2v) is 5.12. The molecule has 0 aromatic carbocycles. The van der Waals surface area contributed by atoms with Crippen LogP contribution in [0.3, 0.4) is 0 Å². The van der Waals surface area contributed by atoms with E-state index in [4.69, 9.17) is 9.84 Å². The lowest BCUT2D eigenvalue weighted by Gasteiger charge is -2.20. The Morgan fingerprint density at radius 2 is 2.21 bits per heavy atom. The standard InChI is InChI=1S/C13H24N2O4/c1-3-9(2)11(12(16)17)15-13(18)14-6-4-10-5-7-19-8-10/h9-11H,3-8H2,1-2H3,(H,16,17)(H2,14,15,18)/t9?,10?,11-/m0/s1. The number of ether oxygens (including phenoxy) is 1. The van der Waals surface area contributed by atoms with E-state index in [1.54, 1.807) is 0 Å². The number of rotatable bonds is 7. The normalized spacial score (nSPS) is 21.7. The highest BCUT2D eigenvalue weighted by atomic mass is 16.5. The Bertz CT molecular complexity index is 303. The molecule has 0 bridgehead atoms. The van der Waals surface area contributed by atoms with Gasteiger partial charge >= 0.3 is 12.0 Å². The monoisotopic (exact) mass is 272 g/mol. The number of hydrogen-bond donors (Lipinski definition) is 3. The van der Waals surface area contributed by atoms with Crippen molar-refractivity contribution in [1.29, 1.82) is 0 Å². The van der Waals surface area contributed by atoms with E-state index in [2.05, 4.69) is 10.6 Å². The summed E-state index contributed by atoms with van der Waals surface area (Å²) >= 11 is 0. The second-order valence-electron chi connectivity index (χ2n) is 5.12. The smallest absolute Gasteiger partial charge is 0.326 e. The Labute approximate surface area is 113 Å². The summed E-state index contributed by atoms with van der Waals surface area (Å²) in [4.78, 5) is 22.7. The molecule has 1 heterocycles. The molecule has 0 radical (unpaired) electrons. The number of urea groups is 1. The lowest BCUT2D eigenvalue weighted by Crippen LogP contribution is -2.49. The van der Waals surface area contributed by atoms with E-state index in [9.17, 15) is 9.59 Å². The van der Waals surface area contributed by atoms with Gasteiger partial charge in [0.05, 0.1) is 0 Å². The van der Waals surface area contributed by atoms with Gasteiger partial charge in [-0.3, -0.25) is 0 Å². The summed E-state index contributed by atoms with van der Waals surface area (Å²) in [6, 6.07) is -1.24. The van der Waals surface area contributed by atoms with E-state index in [1.807, 2.05) is 13.8 Å². The van der Waals surface area contributed by atoms with Crippen molar-refractivity contribution >= 4 is 12.0 Å². The van der Waals surface area contributed by atoms with E-state index in [0.29, 0.717) is 18.9 Å². The van der Waals surface area contributed by atoms with Gasteiger partial charge in [0, 0.05) is 19.8 Å². The lowest BCUT2D eigenvalue weighted by atomic mass is 9.99. The fraction of sp³-hybridized carbons (Fsp3) is 0.846. The van der Waals surface area contributed by atoms with Crippen molar-refractivity contribution in [2.24, 2.45) is 11.8 Å². The van der Waals surface area contributed by atoms with Crippen LogP contribution in [0.1, 0.15) is 33.1 Å². The van der Waals surface area contributed by atoms with Crippen LogP contribution in [0.2, 0.25) is 0 Å². The van der Waals surface area contributed by atoms with E-state index in [1.165, 1.54) is 0 Å². The quantitative estimate of drug-likeness (QED) is 0.650. The van der Waals surface area contributed by atoms with Crippen LogP contribution < -0.4 is 10.6 Å². The third kappa shape index (κ3) is 5.46. The fourth-order valence-corrected chi connectivity index (χ4v) is 2.08. The molecule has 0 spiro atoms. The maximum absolute atomic E-state index is 11.6. The molecular formula is C13H24N2O4. The molecule has 1 saturated heterocycles. The zero-order valence-corrected chi connectivity index (χ0v) is 11.6. The number of amides is 2. The number of nitrogens with one attached hydrogen (secondary N) is 2. The van der Waals surface area contributed by atoms with Crippen LogP contribution in [0.5, 0.6) is 0 Å². The van der Waals surface area contributed by atoms with Crippen LogP contribution in [0.15, 0.2) is 0 Å². The predicted octanol–water partition coefficient (Wildman–Crippen LogP) is 1.21. The van der Waals surface area contributed by atoms with E-state index >= 15 is 0 Å². The van der Waals surface area contributed by atoms with Crippen molar-refractivity contribution in [2.75, 3.05) is 19.8 Å². The Balaban J connectivity index is 2.25. The molecule has 0 saturated carbocycles. The molecule has 19 heavy (non-hydrogen) atoms. The number of hydrogen-bond acceptors (Lipinski definition) is 3. The lowest BCUT2D eigenvalue weighted by molar-refractivity contribution is -0.140. The van der Waals surface area contributed by atoms with Crippen LogP contribution >= 0.6 is 0 Å². The highest BCUT2D eigenvalue weighted by Crippen LogP contribution is 2.15. The molecule has 0 aliphatic carbocycles. The van der Waals surface area contributed by atoms with Gasteiger partial charge in [-0.1, -0.05) is 20.3 Å². The molecule has 6 nitrogen and oxygen atoms in total. The van der Waals surface area contributed by atoms with Crippen LogP contribution in [-0.2, 0) is 9.53 Å². The molecule has 1 rings (SSSR count). The molecule has 0 aromatic heterocycles. The molecule has 1 aliphatic rings. The fourth-order valence-electron chi connectivity index (χ4n) is 2.08. The Morgan fingerprint density at radius 1 is 1.47 bits per heavy atom. The highest BCUT2D eigenvalue weighted by molar-refractivity contribution is 5.82. The summed E-state index contributed by atoms with van der Waals surface area (Å²) in [6.45, 7) is 5.82. The zero-order chi connectivity index (χ0) is 14.3. The molecule has 3 N–H and O–H groups in total. The Hall–Kier alpha value is -1.30. The first-order valence-corrected chi connectivity index (χ1v) is 6.89. The Morgan fingerprint density at radius 3 is 2.74 bits per heavy atom. The van der Waals surface area contributed by atoms with Gasteiger partial charge < -0.3 is 20.5 Å². The number of carboxylic acids is 1. The third-order valence-electron chi connectivity index (χ3n) is 3.63. The molecular weight excluding hydrogens is 248 g/mol. The van der Waals surface area contributed by atoms with Crippen molar-refractivity contribution in [3.05, 3.63) is 0 Å². The van der Waals surface area contributed by atoms with Crippen molar-refractivity contribution in [3.8, 4) is 0 Å². The average Bonchev–Trinajstić information content (AvgIpc) is 2.87. The SMILES string of the molecule is CCC(C)[C@H](NC(=O)NCCC1CCOC1)C(=O)O.